The van der Waals surface area contributed by atoms with Gasteiger partial charge in [-0.2, -0.15) is 5.10 Å². The van der Waals surface area contributed by atoms with Crippen molar-refractivity contribution >= 4 is 24.2 Å². The zero-order chi connectivity index (χ0) is 25.3. The Balaban J connectivity index is 1.52. The molecule has 1 saturated heterocycles. The summed E-state index contributed by atoms with van der Waals surface area (Å²) in [5.74, 6) is -1.54. The van der Waals surface area contributed by atoms with E-state index in [1.165, 1.54) is 6.21 Å². The molecule has 188 valence electrons. The Morgan fingerprint density at radius 3 is 2.37 bits per heavy atom. The number of hydrogen-bond donors (Lipinski definition) is 1. The number of piperidine rings is 1. The number of carbonyl (C=O) groups excluding carboxylic acids is 2. The number of carboxylic acids is 1. The fourth-order valence-electron chi connectivity index (χ4n) is 4.67. The number of fused-ring (bicyclic) bond motifs is 1. The molecule has 1 aromatic carbocycles. The Bertz CT molecular complexity index is 1040. The molecule has 1 aromatic rings. The van der Waals surface area contributed by atoms with Crippen LogP contribution in [0.2, 0.25) is 0 Å². The van der Waals surface area contributed by atoms with Gasteiger partial charge in [0, 0.05) is 43.5 Å². The third kappa shape index (κ3) is 5.26. The lowest BCUT2D eigenvalue weighted by molar-refractivity contribution is -0.147. The molecule has 0 radical (unpaired) electrons. The van der Waals surface area contributed by atoms with Gasteiger partial charge in [0.05, 0.1) is 7.11 Å². The molecule has 3 heterocycles. The maximum absolute atomic E-state index is 13.3. The minimum Gasteiger partial charge on any atom is -0.497 e. The maximum Gasteiger partial charge on any atom is 0.410 e. The number of aliphatic carboxylic acids is 1. The summed E-state index contributed by atoms with van der Waals surface area (Å²) in [6, 6.07) is 7.32. The molecule has 10 heteroatoms. The molecule has 3 aliphatic heterocycles. The average molecular weight is 485 g/mol. The molecule has 2 amide bonds. The number of hydrazone groups is 1. The smallest absolute Gasteiger partial charge is 0.410 e. The van der Waals surface area contributed by atoms with Gasteiger partial charge < -0.3 is 24.4 Å². The largest absolute Gasteiger partial charge is 0.497 e. The van der Waals surface area contributed by atoms with Crippen LogP contribution in [0.5, 0.6) is 5.75 Å². The number of likely N-dealkylation sites (tertiary alicyclic amines) is 1. The van der Waals surface area contributed by atoms with Crippen LogP contribution in [0.1, 0.15) is 39.2 Å². The summed E-state index contributed by atoms with van der Waals surface area (Å²) >= 11 is 0. The average Bonchev–Trinajstić information content (AvgIpc) is 3.26. The molecule has 2 atom stereocenters. The number of carbonyl (C=O) groups is 3. The Kier molecular flexibility index (Phi) is 6.73. The molecular formula is C25H32N4O6. The number of ether oxygens (including phenoxy) is 2. The molecule has 4 rings (SSSR count). The van der Waals surface area contributed by atoms with E-state index in [-0.39, 0.29) is 24.5 Å². The zero-order valence-corrected chi connectivity index (χ0v) is 20.5. The fraction of sp³-hybridized carbons (Fsp3) is 0.520. The van der Waals surface area contributed by atoms with E-state index in [0.29, 0.717) is 37.4 Å². The standard InChI is InChI=1S/C25H32N4O6/c1-25(2,3)35-24(33)27-11-9-17(10-12-27)20-13-21(30)28(15-16-5-7-18(34-4)8-6-16)22-19(23(31)32)14-26-29(20)22/h5-8,13-14,17,19,22H,9-12,15H2,1-4H3,(H,31,32). The normalized spacial score (nSPS) is 22.7. The third-order valence-corrected chi connectivity index (χ3v) is 6.42. The topological polar surface area (TPSA) is 112 Å². The van der Waals surface area contributed by atoms with Crippen molar-refractivity contribution in [3.05, 3.63) is 41.6 Å². The van der Waals surface area contributed by atoms with Crippen molar-refractivity contribution in [1.29, 1.82) is 0 Å². The number of carboxylic acid groups (broad SMARTS) is 1. The number of nitrogens with zero attached hydrogens (tertiary/aromatic N) is 4. The van der Waals surface area contributed by atoms with E-state index in [9.17, 15) is 19.5 Å². The van der Waals surface area contributed by atoms with Crippen molar-refractivity contribution in [2.75, 3.05) is 20.2 Å². The summed E-state index contributed by atoms with van der Waals surface area (Å²) in [6.07, 6.45) is 3.14. The van der Waals surface area contributed by atoms with Gasteiger partial charge in [0.2, 0.25) is 5.91 Å². The van der Waals surface area contributed by atoms with Crippen LogP contribution in [0.25, 0.3) is 0 Å². The van der Waals surface area contributed by atoms with Crippen LogP contribution in [0, 0.1) is 11.8 Å². The first-order chi connectivity index (χ1) is 16.6. The van der Waals surface area contributed by atoms with Gasteiger partial charge in [-0.3, -0.25) is 9.59 Å². The summed E-state index contributed by atoms with van der Waals surface area (Å²) in [5, 5.41) is 15.9. The molecule has 1 fully saturated rings. The van der Waals surface area contributed by atoms with E-state index in [2.05, 4.69) is 5.10 Å². The molecule has 2 unspecified atom stereocenters. The summed E-state index contributed by atoms with van der Waals surface area (Å²) in [7, 11) is 1.58. The highest BCUT2D eigenvalue weighted by Gasteiger charge is 2.47. The van der Waals surface area contributed by atoms with Crippen LogP contribution < -0.4 is 4.74 Å². The molecule has 0 bridgehead atoms. The Hall–Kier alpha value is -3.56. The number of rotatable bonds is 5. The minimum atomic E-state index is -1.03. The van der Waals surface area contributed by atoms with Crippen molar-refractivity contribution in [3.8, 4) is 5.75 Å². The number of benzene rings is 1. The number of allylic oxidation sites excluding steroid dienone is 1. The number of hydrogen-bond acceptors (Lipinski definition) is 7. The van der Waals surface area contributed by atoms with Gasteiger partial charge in [0.1, 0.15) is 23.4 Å². The van der Waals surface area contributed by atoms with Gasteiger partial charge in [-0.15, -0.1) is 0 Å². The fourth-order valence-corrected chi connectivity index (χ4v) is 4.67. The predicted molar refractivity (Wildman–Crippen MR) is 127 cm³/mol. The van der Waals surface area contributed by atoms with Crippen molar-refractivity contribution in [1.82, 2.24) is 14.8 Å². The first-order valence-electron chi connectivity index (χ1n) is 11.8. The molecule has 0 spiro atoms. The van der Waals surface area contributed by atoms with E-state index in [1.807, 2.05) is 32.9 Å². The first kappa shape index (κ1) is 24.6. The van der Waals surface area contributed by atoms with E-state index < -0.39 is 23.7 Å². The highest BCUT2D eigenvalue weighted by Crippen LogP contribution is 2.37. The lowest BCUT2D eigenvalue weighted by Crippen LogP contribution is -2.55. The quantitative estimate of drug-likeness (QED) is 0.684. The summed E-state index contributed by atoms with van der Waals surface area (Å²) < 4.78 is 10.7. The van der Waals surface area contributed by atoms with Gasteiger partial charge in [0.15, 0.2) is 0 Å². The lowest BCUT2D eigenvalue weighted by Gasteiger charge is -2.43. The highest BCUT2D eigenvalue weighted by molar-refractivity contribution is 5.95. The lowest BCUT2D eigenvalue weighted by atomic mass is 9.90. The van der Waals surface area contributed by atoms with E-state index >= 15 is 0 Å². The van der Waals surface area contributed by atoms with Gasteiger partial charge in [-0.1, -0.05) is 12.1 Å². The Morgan fingerprint density at radius 1 is 1.14 bits per heavy atom. The Labute approximate surface area is 204 Å². The van der Waals surface area contributed by atoms with Crippen LogP contribution in [0.4, 0.5) is 4.79 Å². The predicted octanol–water partition coefficient (Wildman–Crippen LogP) is 2.90. The molecule has 3 aliphatic rings. The SMILES string of the molecule is COc1ccc(CN2C(=O)C=C(C3CCN(C(=O)OC(C)(C)C)CC3)N3N=CC(C(=O)O)C23)cc1. The zero-order valence-electron chi connectivity index (χ0n) is 20.5. The molecule has 1 N–H and O–H groups in total. The summed E-state index contributed by atoms with van der Waals surface area (Å²) in [6.45, 7) is 6.73. The second kappa shape index (κ2) is 9.59. The van der Waals surface area contributed by atoms with Crippen LogP contribution in [-0.2, 0) is 20.9 Å². The second-order valence-corrected chi connectivity index (χ2v) is 10.0. The van der Waals surface area contributed by atoms with Crippen molar-refractivity contribution < 1.29 is 29.0 Å². The molecule has 0 aliphatic carbocycles. The van der Waals surface area contributed by atoms with Crippen LogP contribution in [0.15, 0.2) is 41.1 Å². The number of methoxy groups -OCH3 is 1. The van der Waals surface area contributed by atoms with Crippen LogP contribution in [0.3, 0.4) is 0 Å². The van der Waals surface area contributed by atoms with Gasteiger partial charge in [-0.25, -0.2) is 9.80 Å². The Morgan fingerprint density at radius 2 is 1.80 bits per heavy atom. The van der Waals surface area contributed by atoms with E-state index in [1.54, 1.807) is 40.1 Å². The third-order valence-electron chi connectivity index (χ3n) is 6.42. The minimum absolute atomic E-state index is 0.0204. The van der Waals surface area contributed by atoms with Crippen molar-refractivity contribution in [2.45, 2.75) is 51.9 Å². The van der Waals surface area contributed by atoms with E-state index in [4.69, 9.17) is 9.47 Å². The highest BCUT2D eigenvalue weighted by atomic mass is 16.6. The molecule has 0 aromatic heterocycles. The molecule has 35 heavy (non-hydrogen) atoms. The van der Waals surface area contributed by atoms with Crippen molar-refractivity contribution in [2.24, 2.45) is 16.9 Å². The number of amides is 2. The summed E-state index contributed by atoms with van der Waals surface area (Å²) in [5.41, 5.74) is 0.996. The summed E-state index contributed by atoms with van der Waals surface area (Å²) in [4.78, 5) is 40.9. The first-order valence-corrected chi connectivity index (χ1v) is 11.8. The van der Waals surface area contributed by atoms with Crippen LogP contribution in [-0.4, -0.2) is 76.1 Å². The van der Waals surface area contributed by atoms with Crippen molar-refractivity contribution in [3.63, 3.8) is 0 Å². The van der Waals surface area contributed by atoms with Gasteiger partial charge >= 0.3 is 12.1 Å². The van der Waals surface area contributed by atoms with Crippen LogP contribution >= 0.6 is 0 Å². The maximum atomic E-state index is 13.3. The molecular weight excluding hydrogens is 452 g/mol. The second-order valence-electron chi connectivity index (χ2n) is 10.0. The molecule has 10 nitrogen and oxygen atoms in total. The van der Waals surface area contributed by atoms with E-state index in [0.717, 1.165) is 5.56 Å². The van der Waals surface area contributed by atoms with Gasteiger partial charge in [-0.05, 0) is 51.3 Å². The molecule has 0 saturated carbocycles. The monoisotopic (exact) mass is 484 g/mol. The van der Waals surface area contributed by atoms with Gasteiger partial charge in [0.25, 0.3) is 0 Å².